The van der Waals surface area contributed by atoms with Crippen molar-refractivity contribution >= 4 is 23.5 Å². The third-order valence-corrected chi connectivity index (χ3v) is 9.01. The maximum absolute atomic E-state index is 14.7. The lowest BCUT2D eigenvalue weighted by molar-refractivity contribution is -0.258. The molecule has 0 amide bonds. The monoisotopic (exact) mass is 420 g/mol. The molecule has 0 bridgehead atoms. The Balaban J connectivity index is 2.19. The Kier molecular flexibility index (Phi) is 3.53. The van der Waals surface area contributed by atoms with Crippen LogP contribution in [0.5, 0.6) is 0 Å². The lowest BCUT2D eigenvalue weighted by atomic mass is 9.71. The van der Waals surface area contributed by atoms with E-state index in [1.165, 1.54) is 47.8 Å². The molecule has 0 aromatic rings. The van der Waals surface area contributed by atoms with E-state index in [4.69, 9.17) is 0 Å². The Morgan fingerprint density at radius 2 is 1.07 bits per heavy atom. The summed E-state index contributed by atoms with van der Waals surface area (Å²) in [4.78, 5) is 0.952. The summed E-state index contributed by atoms with van der Waals surface area (Å²) < 4.78 is 85.1. The maximum atomic E-state index is 14.7. The second-order valence-corrected chi connectivity index (χ2v) is 10.1. The molecule has 27 heavy (non-hydrogen) atoms. The Bertz CT molecular complexity index is 862. The largest absolute Gasteiger partial charge is 0.380 e. The van der Waals surface area contributed by atoms with Crippen molar-refractivity contribution < 1.29 is 26.3 Å². The molecule has 2 heterocycles. The molecule has 1 saturated carbocycles. The molecule has 0 spiro atoms. The van der Waals surface area contributed by atoms with E-state index in [9.17, 15) is 26.3 Å². The third-order valence-electron chi connectivity index (χ3n) is 5.76. The van der Waals surface area contributed by atoms with Crippen molar-refractivity contribution in [3.8, 4) is 0 Å². The van der Waals surface area contributed by atoms with Gasteiger partial charge in [-0.15, -0.1) is 23.5 Å². The molecular formula is C19H14F6S2. The minimum Gasteiger partial charge on any atom is -0.194 e. The zero-order chi connectivity index (χ0) is 20.2. The van der Waals surface area contributed by atoms with Gasteiger partial charge in [0.2, 0.25) is 0 Å². The molecule has 0 N–H and O–H groups in total. The minimum absolute atomic E-state index is 0.184. The predicted molar refractivity (Wildman–Crippen MR) is 97.4 cm³/mol. The molecule has 1 fully saturated rings. The Labute approximate surface area is 160 Å². The van der Waals surface area contributed by atoms with E-state index in [1.807, 2.05) is 0 Å². The number of hydrogen-bond donors (Lipinski definition) is 0. The standard InChI is InChI=1S/C19H14F6S2/c1-5-9-7-11-13-14(18(22,23)19(24,25)17(13,20)21)12-8-10(6-2)27-16(12,4)15(11,3)26-9/h5-8H,1-2H2,3-4H3/t15-,16-/m1/s1. The van der Waals surface area contributed by atoms with Gasteiger partial charge in [0.05, 0.1) is 9.49 Å². The fourth-order valence-electron chi connectivity index (χ4n) is 4.16. The summed E-state index contributed by atoms with van der Waals surface area (Å²) in [6, 6.07) is 0. The van der Waals surface area contributed by atoms with E-state index >= 15 is 0 Å². The van der Waals surface area contributed by atoms with Crippen LogP contribution in [0, 0.1) is 0 Å². The number of fused-ring (bicyclic) bond motifs is 4. The van der Waals surface area contributed by atoms with E-state index in [0.717, 1.165) is 0 Å². The van der Waals surface area contributed by atoms with Crippen molar-refractivity contribution in [3.05, 3.63) is 69.6 Å². The quantitative estimate of drug-likeness (QED) is 0.458. The summed E-state index contributed by atoms with van der Waals surface area (Å²) in [7, 11) is 0. The highest BCUT2D eigenvalue weighted by Gasteiger charge is 2.84. The van der Waals surface area contributed by atoms with Gasteiger partial charge in [-0.1, -0.05) is 25.3 Å². The van der Waals surface area contributed by atoms with Crippen molar-refractivity contribution in [1.29, 1.82) is 0 Å². The summed E-state index contributed by atoms with van der Waals surface area (Å²) in [6.07, 6.45) is 5.39. The average Bonchev–Trinajstić information content (AvgIpc) is 3.13. The molecule has 0 aromatic heterocycles. The van der Waals surface area contributed by atoms with E-state index in [1.54, 1.807) is 13.8 Å². The Morgan fingerprint density at radius 3 is 1.37 bits per heavy atom. The SMILES string of the molecule is C=CC1=CC2=C3C(=C4C=C(C=C)S[C@@]4(C)[C@]2(C)S1)C(F)(F)C(F)(F)C3(F)F. The molecule has 0 saturated heterocycles. The molecule has 2 aliphatic heterocycles. The van der Waals surface area contributed by atoms with Crippen LogP contribution in [0.1, 0.15) is 13.8 Å². The number of thioether (sulfide) groups is 2. The highest BCUT2D eigenvalue weighted by Crippen LogP contribution is 2.74. The topological polar surface area (TPSA) is 0 Å². The van der Waals surface area contributed by atoms with Gasteiger partial charge >= 0.3 is 17.8 Å². The van der Waals surface area contributed by atoms with Crippen LogP contribution in [0.15, 0.2) is 69.6 Å². The molecule has 4 rings (SSSR count). The highest BCUT2D eigenvalue weighted by molar-refractivity contribution is 8.09. The summed E-state index contributed by atoms with van der Waals surface area (Å²) in [5, 5.41) is 0. The molecule has 2 atom stereocenters. The van der Waals surface area contributed by atoms with Crippen molar-refractivity contribution in [2.45, 2.75) is 41.1 Å². The number of allylic oxidation sites excluding steroid dienone is 6. The molecular weight excluding hydrogens is 406 g/mol. The van der Waals surface area contributed by atoms with Crippen LogP contribution in [-0.4, -0.2) is 27.3 Å². The van der Waals surface area contributed by atoms with Crippen LogP contribution < -0.4 is 0 Å². The van der Waals surface area contributed by atoms with Gasteiger partial charge in [0.1, 0.15) is 0 Å². The van der Waals surface area contributed by atoms with Crippen molar-refractivity contribution in [1.82, 2.24) is 0 Å². The third kappa shape index (κ3) is 1.82. The Morgan fingerprint density at radius 1 is 0.741 bits per heavy atom. The van der Waals surface area contributed by atoms with Gasteiger partial charge in [-0.3, -0.25) is 0 Å². The average molecular weight is 420 g/mol. The lowest BCUT2D eigenvalue weighted by Gasteiger charge is -2.47. The smallest absolute Gasteiger partial charge is 0.194 e. The molecule has 8 heteroatoms. The van der Waals surface area contributed by atoms with Crippen LogP contribution in [-0.2, 0) is 0 Å². The van der Waals surface area contributed by atoms with Gasteiger partial charge < -0.3 is 0 Å². The van der Waals surface area contributed by atoms with Crippen molar-refractivity contribution in [2.24, 2.45) is 0 Å². The minimum atomic E-state index is -5.51. The van der Waals surface area contributed by atoms with Crippen LogP contribution in [0.4, 0.5) is 26.3 Å². The zero-order valence-corrected chi connectivity index (χ0v) is 15.9. The van der Waals surface area contributed by atoms with Crippen LogP contribution in [0.2, 0.25) is 0 Å². The first-order chi connectivity index (χ1) is 12.3. The van der Waals surface area contributed by atoms with Crippen molar-refractivity contribution in [3.63, 3.8) is 0 Å². The van der Waals surface area contributed by atoms with E-state index in [2.05, 4.69) is 13.2 Å². The van der Waals surface area contributed by atoms with E-state index in [-0.39, 0.29) is 11.1 Å². The number of rotatable bonds is 2. The second kappa shape index (κ2) is 5.00. The fraction of sp³-hybridized carbons (Fsp3) is 0.368. The molecule has 4 aliphatic rings. The van der Waals surface area contributed by atoms with Gasteiger partial charge in [0, 0.05) is 21.0 Å². The maximum Gasteiger partial charge on any atom is 0.380 e. The summed E-state index contributed by atoms with van der Waals surface area (Å²) in [6.45, 7) is 10.5. The van der Waals surface area contributed by atoms with Gasteiger partial charge in [0.15, 0.2) is 0 Å². The van der Waals surface area contributed by atoms with Crippen LogP contribution >= 0.6 is 23.5 Å². The first-order valence-electron chi connectivity index (χ1n) is 8.00. The molecule has 144 valence electrons. The Hall–Kier alpha value is -1.28. The summed E-state index contributed by atoms with van der Waals surface area (Å²) in [5.41, 5.74) is -2.87. The van der Waals surface area contributed by atoms with Crippen molar-refractivity contribution in [2.75, 3.05) is 0 Å². The molecule has 0 aromatic carbocycles. The van der Waals surface area contributed by atoms with Crippen LogP contribution in [0.3, 0.4) is 0 Å². The van der Waals surface area contributed by atoms with Gasteiger partial charge in [-0.05, 0) is 37.1 Å². The summed E-state index contributed by atoms with van der Waals surface area (Å²) >= 11 is 2.35. The molecule has 2 aliphatic carbocycles. The number of halogens is 6. The van der Waals surface area contributed by atoms with Gasteiger partial charge in [-0.2, -0.15) is 26.3 Å². The lowest BCUT2D eigenvalue weighted by Crippen LogP contribution is -2.48. The molecule has 0 unspecified atom stereocenters. The van der Waals surface area contributed by atoms with E-state index < -0.39 is 38.4 Å². The number of alkyl halides is 6. The van der Waals surface area contributed by atoms with Gasteiger partial charge in [0.25, 0.3) is 0 Å². The number of hydrogen-bond acceptors (Lipinski definition) is 2. The second-order valence-electron chi connectivity index (χ2n) is 7.07. The normalized spacial score (nSPS) is 37.5. The van der Waals surface area contributed by atoms with E-state index in [0.29, 0.717) is 9.81 Å². The molecule has 0 nitrogen and oxygen atoms in total. The first-order valence-corrected chi connectivity index (χ1v) is 9.63. The van der Waals surface area contributed by atoms with Gasteiger partial charge in [-0.25, -0.2) is 0 Å². The zero-order valence-electron chi connectivity index (χ0n) is 14.3. The highest BCUT2D eigenvalue weighted by atomic mass is 32.2. The summed E-state index contributed by atoms with van der Waals surface area (Å²) in [5.74, 6) is -15.5. The first kappa shape index (κ1) is 19.1. The molecule has 0 radical (unpaired) electrons. The fourth-order valence-corrected chi connectivity index (χ4v) is 7.03. The van der Waals surface area contributed by atoms with Crippen LogP contribution in [0.25, 0.3) is 0 Å². The predicted octanol–water partition coefficient (Wildman–Crippen LogP) is 6.66.